The fourth-order valence-electron chi connectivity index (χ4n) is 3.16. The number of primary amides is 1. The van der Waals surface area contributed by atoms with E-state index < -0.39 is 59.9 Å². The summed E-state index contributed by atoms with van der Waals surface area (Å²) in [7, 11) is 0. The maximum absolute atomic E-state index is 13.1. The summed E-state index contributed by atoms with van der Waals surface area (Å²) in [6.45, 7) is 1.67. The van der Waals surface area contributed by atoms with E-state index in [1.54, 1.807) is 0 Å². The third-order valence-electron chi connectivity index (χ3n) is 5.24. The number of amides is 4. The molecule has 0 spiro atoms. The maximum atomic E-state index is 13.1. The Kier molecular flexibility index (Phi) is 16.2. The highest BCUT2D eigenvalue weighted by atomic mass is 16.4. The Hall–Kier alpha value is -3.50. The SMILES string of the molecule is C[C@@H](O)[C@H](NC(=O)[C@H](CCCN=C(N)N)NC(=O)[C@H](CCCCN)NC(=O)[C@@H](N)CCC(N)=O)C(=O)O. The summed E-state index contributed by atoms with van der Waals surface area (Å²) in [5.74, 6) is -4.55. The van der Waals surface area contributed by atoms with Crippen molar-refractivity contribution < 1.29 is 34.2 Å². The minimum atomic E-state index is -1.62. The normalized spacial score (nSPS) is 14.8. The lowest BCUT2D eigenvalue weighted by Crippen LogP contribution is -2.58. The van der Waals surface area contributed by atoms with E-state index in [-0.39, 0.29) is 44.6 Å². The van der Waals surface area contributed by atoms with Crippen molar-refractivity contribution >= 4 is 35.6 Å². The van der Waals surface area contributed by atoms with Gasteiger partial charge in [-0.1, -0.05) is 0 Å². The molecule has 16 heteroatoms. The number of hydrogen-bond donors (Lipinski definition) is 10. The number of carbonyl (C=O) groups is 5. The highest BCUT2D eigenvalue weighted by molar-refractivity contribution is 5.94. The Morgan fingerprint density at radius 1 is 0.838 bits per heavy atom. The van der Waals surface area contributed by atoms with E-state index in [0.29, 0.717) is 19.4 Å². The van der Waals surface area contributed by atoms with Crippen molar-refractivity contribution in [1.82, 2.24) is 16.0 Å². The molecule has 15 N–H and O–H groups in total. The van der Waals surface area contributed by atoms with Crippen molar-refractivity contribution in [2.24, 2.45) is 33.7 Å². The Bertz CT molecular complexity index is 803. The zero-order valence-corrected chi connectivity index (χ0v) is 21.0. The Balaban J connectivity index is 5.62. The summed E-state index contributed by atoms with van der Waals surface area (Å²) in [5, 5.41) is 26.2. The summed E-state index contributed by atoms with van der Waals surface area (Å²) in [6, 6.07) is -5.05. The van der Waals surface area contributed by atoms with Crippen LogP contribution in [0, 0.1) is 0 Å². The van der Waals surface area contributed by atoms with Gasteiger partial charge in [-0.05, 0) is 52.0 Å². The standard InChI is InChI=1S/C21H41N9O7/c1-11(31)16(20(36)37)30-19(35)14(6-4-10-27-21(25)26)29-18(34)13(5-2-3-9-22)28-17(33)12(23)7-8-15(24)32/h11-14,16,31H,2-10,22-23H2,1H3,(H2,24,32)(H,28,33)(H,29,34)(H,30,35)(H,36,37)(H4,25,26,27)/t11-,12+,13+,14+,16+/m1/s1. The summed E-state index contributed by atoms with van der Waals surface area (Å²) < 4.78 is 0. The summed E-state index contributed by atoms with van der Waals surface area (Å²) in [6.07, 6.45) is -0.0997. The molecule has 0 aromatic rings. The minimum absolute atomic E-state index is 0.0160. The van der Waals surface area contributed by atoms with Gasteiger partial charge in [0.2, 0.25) is 23.6 Å². The van der Waals surface area contributed by atoms with Crippen LogP contribution in [0.5, 0.6) is 0 Å². The topological polar surface area (TPSA) is 304 Å². The van der Waals surface area contributed by atoms with Crippen LogP contribution in [0.15, 0.2) is 4.99 Å². The van der Waals surface area contributed by atoms with Crippen molar-refractivity contribution in [1.29, 1.82) is 0 Å². The van der Waals surface area contributed by atoms with E-state index in [1.165, 1.54) is 6.92 Å². The molecule has 212 valence electrons. The predicted octanol–water partition coefficient (Wildman–Crippen LogP) is -4.32. The number of aliphatic hydroxyl groups excluding tert-OH is 1. The van der Waals surface area contributed by atoms with E-state index >= 15 is 0 Å². The fourth-order valence-corrected chi connectivity index (χ4v) is 3.16. The van der Waals surface area contributed by atoms with Crippen molar-refractivity contribution in [2.45, 2.75) is 82.1 Å². The van der Waals surface area contributed by atoms with E-state index in [2.05, 4.69) is 20.9 Å². The van der Waals surface area contributed by atoms with Gasteiger partial charge in [-0.3, -0.25) is 24.2 Å². The van der Waals surface area contributed by atoms with Gasteiger partial charge >= 0.3 is 5.97 Å². The molecule has 0 aliphatic heterocycles. The van der Waals surface area contributed by atoms with Gasteiger partial charge in [-0.2, -0.15) is 0 Å². The van der Waals surface area contributed by atoms with Gasteiger partial charge in [-0.25, -0.2) is 4.79 Å². The number of aliphatic imine (C=N–C) groups is 1. The molecule has 0 saturated heterocycles. The maximum Gasteiger partial charge on any atom is 0.328 e. The molecule has 16 nitrogen and oxygen atoms in total. The van der Waals surface area contributed by atoms with E-state index in [1.807, 2.05) is 0 Å². The molecule has 0 saturated carbocycles. The number of nitrogens with one attached hydrogen (secondary N) is 3. The number of rotatable bonds is 19. The first-order chi connectivity index (χ1) is 17.3. The van der Waals surface area contributed by atoms with Crippen LogP contribution in [0.1, 0.15) is 51.9 Å². The number of carboxylic acids is 1. The quantitative estimate of drug-likeness (QED) is 0.0431. The molecule has 0 fully saturated rings. The Labute approximate surface area is 215 Å². The lowest BCUT2D eigenvalue weighted by molar-refractivity contribution is -0.145. The Morgan fingerprint density at radius 2 is 1.38 bits per heavy atom. The molecule has 0 aliphatic carbocycles. The molecule has 0 unspecified atom stereocenters. The van der Waals surface area contributed by atoms with Crippen molar-refractivity contribution in [2.75, 3.05) is 13.1 Å². The number of guanidine groups is 1. The third kappa shape index (κ3) is 14.6. The number of carbonyl (C=O) groups excluding carboxylic acids is 4. The number of nitrogens with two attached hydrogens (primary N) is 5. The van der Waals surface area contributed by atoms with Crippen LogP contribution in [0.4, 0.5) is 0 Å². The second kappa shape index (κ2) is 17.9. The van der Waals surface area contributed by atoms with Gasteiger partial charge in [0.15, 0.2) is 12.0 Å². The average Bonchev–Trinajstić information content (AvgIpc) is 2.81. The molecule has 0 aliphatic rings. The molecule has 4 amide bonds. The van der Waals surface area contributed by atoms with Crippen LogP contribution in [0.3, 0.4) is 0 Å². The Morgan fingerprint density at radius 3 is 1.86 bits per heavy atom. The number of carboxylic acid groups (broad SMARTS) is 1. The summed E-state index contributed by atoms with van der Waals surface area (Å²) in [4.78, 5) is 64.6. The average molecular weight is 532 g/mol. The fraction of sp³-hybridized carbons (Fsp3) is 0.714. The molecule has 5 atom stereocenters. The first-order valence-electron chi connectivity index (χ1n) is 11.9. The van der Waals surface area contributed by atoms with Crippen LogP contribution in [0.25, 0.3) is 0 Å². The summed E-state index contributed by atoms with van der Waals surface area (Å²) >= 11 is 0. The van der Waals surface area contributed by atoms with Crippen LogP contribution in [-0.4, -0.2) is 89.1 Å². The molecule has 0 radical (unpaired) electrons. The van der Waals surface area contributed by atoms with E-state index in [0.717, 1.165) is 0 Å². The molecule has 0 bridgehead atoms. The van der Waals surface area contributed by atoms with Crippen LogP contribution in [-0.2, 0) is 24.0 Å². The van der Waals surface area contributed by atoms with Gasteiger partial charge in [0, 0.05) is 13.0 Å². The number of unbranched alkanes of at least 4 members (excludes halogenated alkanes) is 1. The van der Waals surface area contributed by atoms with Gasteiger partial charge < -0.3 is 54.8 Å². The lowest BCUT2D eigenvalue weighted by atomic mass is 10.0. The number of aliphatic hydroxyl groups is 1. The third-order valence-corrected chi connectivity index (χ3v) is 5.24. The van der Waals surface area contributed by atoms with E-state index in [4.69, 9.17) is 28.7 Å². The van der Waals surface area contributed by atoms with Crippen molar-refractivity contribution in [3.8, 4) is 0 Å². The molecule has 0 heterocycles. The second-order valence-corrected chi connectivity index (χ2v) is 8.53. The first kappa shape index (κ1) is 33.5. The van der Waals surface area contributed by atoms with Crippen molar-refractivity contribution in [3.05, 3.63) is 0 Å². The molecular formula is C21H41N9O7. The monoisotopic (exact) mass is 531 g/mol. The van der Waals surface area contributed by atoms with E-state index in [9.17, 15) is 34.2 Å². The van der Waals surface area contributed by atoms with Crippen molar-refractivity contribution in [3.63, 3.8) is 0 Å². The van der Waals surface area contributed by atoms with Gasteiger partial charge in [0.1, 0.15) is 12.1 Å². The second-order valence-electron chi connectivity index (χ2n) is 8.53. The smallest absolute Gasteiger partial charge is 0.328 e. The minimum Gasteiger partial charge on any atom is -0.480 e. The zero-order valence-electron chi connectivity index (χ0n) is 21.0. The van der Waals surface area contributed by atoms with Crippen LogP contribution in [0.2, 0.25) is 0 Å². The zero-order chi connectivity index (χ0) is 28.5. The predicted molar refractivity (Wildman–Crippen MR) is 134 cm³/mol. The molecule has 0 aromatic carbocycles. The number of nitrogens with zero attached hydrogens (tertiary/aromatic N) is 1. The van der Waals surface area contributed by atoms with Gasteiger partial charge in [0.25, 0.3) is 0 Å². The van der Waals surface area contributed by atoms with Crippen LogP contribution >= 0.6 is 0 Å². The van der Waals surface area contributed by atoms with Crippen LogP contribution < -0.4 is 44.6 Å². The highest BCUT2D eigenvalue weighted by Gasteiger charge is 2.31. The molecule has 37 heavy (non-hydrogen) atoms. The largest absolute Gasteiger partial charge is 0.480 e. The van der Waals surface area contributed by atoms with Gasteiger partial charge in [0.05, 0.1) is 12.1 Å². The summed E-state index contributed by atoms with van der Waals surface area (Å²) in [5.41, 5.74) is 27.0. The number of aliphatic carboxylic acids is 1. The molecular weight excluding hydrogens is 490 g/mol. The highest BCUT2D eigenvalue weighted by Crippen LogP contribution is 2.07. The number of hydrogen-bond acceptors (Lipinski definition) is 9. The van der Waals surface area contributed by atoms with Gasteiger partial charge in [-0.15, -0.1) is 0 Å². The first-order valence-corrected chi connectivity index (χ1v) is 11.9. The molecule has 0 rings (SSSR count). The molecule has 0 aromatic heterocycles. The lowest BCUT2D eigenvalue weighted by Gasteiger charge is -2.26.